The molecular formula is C9H12N2O. The van der Waals surface area contributed by atoms with Crippen LogP contribution >= 0.6 is 0 Å². The zero-order valence-electron chi connectivity index (χ0n) is 6.75. The fraction of sp³-hybridized carbons (Fsp3) is 0.333. The molecule has 0 heterocycles. The lowest BCUT2D eigenvalue weighted by Gasteiger charge is -2.08. The Balaban J connectivity index is 2.63. The summed E-state index contributed by atoms with van der Waals surface area (Å²) in [6.45, 7) is 0. The summed E-state index contributed by atoms with van der Waals surface area (Å²) in [4.78, 5) is 0. The minimum absolute atomic E-state index is 0.0384. The standard InChI is InChI=1S/C9H12N2O/c10-6-3-1-5-2-4-7(11)9(12)8(5)6/h2,4,6,12H,1,3,10-11H2/t6-/m1/s1. The molecule has 1 aromatic carbocycles. The highest BCUT2D eigenvalue weighted by atomic mass is 16.3. The molecule has 3 nitrogen and oxygen atoms in total. The zero-order chi connectivity index (χ0) is 8.72. The summed E-state index contributed by atoms with van der Waals surface area (Å²) in [6, 6.07) is 3.63. The SMILES string of the molecule is Nc1ccc2c(c1O)[C@H](N)CC2. The highest BCUT2D eigenvalue weighted by Gasteiger charge is 2.23. The van der Waals surface area contributed by atoms with Crippen LogP contribution in [0.1, 0.15) is 23.6 Å². The van der Waals surface area contributed by atoms with E-state index in [0.717, 1.165) is 24.0 Å². The molecule has 0 bridgehead atoms. The highest BCUT2D eigenvalue weighted by Crippen LogP contribution is 2.38. The predicted molar refractivity (Wildman–Crippen MR) is 47.8 cm³/mol. The average Bonchev–Trinajstić information content (AvgIpc) is 2.41. The maximum atomic E-state index is 9.58. The molecule has 0 unspecified atom stereocenters. The molecule has 0 saturated heterocycles. The number of benzene rings is 1. The Labute approximate surface area is 71.0 Å². The van der Waals surface area contributed by atoms with Gasteiger partial charge in [0.15, 0.2) is 0 Å². The molecule has 0 amide bonds. The van der Waals surface area contributed by atoms with Gasteiger partial charge < -0.3 is 16.6 Å². The van der Waals surface area contributed by atoms with Gasteiger partial charge in [-0.1, -0.05) is 6.07 Å². The van der Waals surface area contributed by atoms with Gasteiger partial charge in [-0.2, -0.15) is 0 Å². The number of fused-ring (bicyclic) bond motifs is 1. The fourth-order valence-electron chi connectivity index (χ4n) is 1.75. The maximum Gasteiger partial charge on any atom is 0.143 e. The van der Waals surface area contributed by atoms with Gasteiger partial charge in [0.25, 0.3) is 0 Å². The summed E-state index contributed by atoms with van der Waals surface area (Å²) < 4.78 is 0. The molecule has 1 aliphatic rings. The second-order valence-electron chi connectivity index (χ2n) is 3.22. The second kappa shape index (κ2) is 2.38. The summed E-state index contributed by atoms with van der Waals surface area (Å²) in [7, 11) is 0. The van der Waals surface area contributed by atoms with Crippen molar-refractivity contribution in [3.05, 3.63) is 23.3 Å². The first-order valence-electron chi connectivity index (χ1n) is 4.06. The monoisotopic (exact) mass is 164 g/mol. The molecule has 12 heavy (non-hydrogen) atoms. The molecule has 3 heteroatoms. The molecule has 0 aromatic heterocycles. The third-order valence-corrected chi connectivity index (χ3v) is 2.43. The third kappa shape index (κ3) is 0.865. The average molecular weight is 164 g/mol. The van der Waals surface area contributed by atoms with E-state index in [4.69, 9.17) is 11.5 Å². The number of aromatic hydroxyl groups is 1. The van der Waals surface area contributed by atoms with Crippen LogP contribution in [-0.4, -0.2) is 5.11 Å². The van der Waals surface area contributed by atoms with Crippen LogP contribution in [0.4, 0.5) is 5.69 Å². The summed E-state index contributed by atoms with van der Waals surface area (Å²) in [5, 5.41) is 9.58. The van der Waals surface area contributed by atoms with Crippen molar-refractivity contribution in [1.29, 1.82) is 0 Å². The molecule has 1 atom stereocenters. The number of nitrogen functional groups attached to an aromatic ring is 1. The van der Waals surface area contributed by atoms with Gasteiger partial charge in [0.05, 0.1) is 5.69 Å². The van der Waals surface area contributed by atoms with Crippen LogP contribution in [0.5, 0.6) is 5.75 Å². The Morgan fingerprint density at radius 2 is 2.17 bits per heavy atom. The Bertz CT molecular complexity index is 323. The molecule has 0 radical (unpaired) electrons. The van der Waals surface area contributed by atoms with Crippen molar-refractivity contribution in [2.24, 2.45) is 5.73 Å². The quantitative estimate of drug-likeness (QED) is 0.394. The van der Waals surface area contributed by atoms with Crippen molar-refractivity contribution in [3.8, 4) is 5.75 Å². The number of phenolic OH excluding ortho intramolecular Hbond substituents is 1. The summed E-state index contributed by atoms with van der Waals surface area (Å²) >= 11 is 0. The number of anilines is 1. The van der Waals surface area contributed by atoms with Crippen LogP contribution in [0, 0.1) is 0 Å². The van der Waals surface area contributed by atoms with Gasteiger partial charge in [-0.25, -0.2) is 0 Å². The minimum Gasteiger partial charge on any atom is -0.505 e. The Morgan fingerprint density at radius 3 is 2.92 bits per heavy atom. The summed E-state index contributed by atoms with van der Waals surface area (Å²) in [5.74, 6) is 0.178. The van der Waals surface area contributed by atoms with Crippen LogP contribution in [0.25, 0.3) is 0 Å². The fourth-order valence-corrected chi connectivity index (χ4v) is 1.75. The van der Waals surface area contributed by atoms with Crippen LogP contribution in [0.15, 0.2) is 12.1 Å². The summed E-state index contributed by atoms with van der Waals surface area (Å²) in [6.07, 6.45) is 1.86. The van der Waals surface area contributed by atoms with Gasteiger partial charge >= 0.3 is 0 Å². The second-order valence-corrected chi connectivity index (χ2v) is 3.22. The van der Waals surface area contributed by atoms with Gasteiger partial charge in [0, 0.05) is 11.6 Å². The van der Waals surface area contributed by atoms with Gasteiger partial charge in [-0.15, -0.1) is 0 Å². The van der Waals surface area contributed by atoms with Crippen LogP contribution < -0.4 is 11.5 Å². The zero-order valence-corrected chi connectivity index (χ0v) is 6.75. The maximum absolute atomic E-state index is 9.58. The lowest BCUT2D eigenvalue weighted by Crippen LogP contribution is -2.06. The number of nitrogens with two attached hydrogens (primary N) is 2. The van der Waals surface area contributed by atoms with Gasteiger partial charge in [0.2, 0.25) is 0 Å². The molecule has 0 saturated carbocycles. The number of phenols is 1. The minimum atomic E-state index is -0.0384. The third-order valence-electron chi connectivity index (χ3n) is 2.43. The van der Waals surface area contributed by atoms with Crippen molar-refractivity contribution >= 4 is 5.69 Å². The first-order chi connectivity index (χ1) is 5.70. The topological polar surface area (TPSA) is 72.3 Å². The molecule has 64 valence electrons. The van der Waals surface area contributed by atoms with Crippen molar-refractivity contribution in [2.45, 2.75) is 18.9 Å². The molecule has 0 spiro atoms. The van der Waals surface area contributed by atoms with E-state index >= 15 is 0 Å². The molecule has 2 rings (SSSR count). The van der Waals surface area contributed by atoms with Crippen LogP contribution in [0.2, 0.25) is 0 Å². The number of hydrogen-bond acceptors (Lipinski definition) is 3. The molecule has 5 N–H and O–H groups in total. The lowest BCUT2D eigenvalue weighted by molar-refractivity contribution is 0.466. The number of aryl methyl sites for hydroxylation is 1. The van der Waals surface area contributed by atoms with Gasteiger partial charge in [0.1, 0.15) is 5.75 Å². The van der Waals surface area contributed by atoms with E-state index in [9.17, 15) is 5.11 Å². The first-order valence-corrected chi connectivity index (χ1v) is 4.06. The number of hydrogen-bond donors (Lipinski definition) is 3. The normalized spacial score (nSPS) is 20.9. The van der Waals surface area contributed by atoms with E-state index in [2.05, 4.69) is 0 Å². The smallest absolute Gasteiger partial charge is 0.143 e. The van der Waals surface area contributed by atoms with E-state index in [0.29, 0.717) is 5.69 Å². The summed E-state index contributed by atoms with van der Waals surface area (Å²) in [5.41, 5.74) is 13.7. The molecule has 1 aliphatic carbocycles. The molecule has 0 fully saturated rings. The largest absolute Gasteiger partial charge is 0.505 e. The van der Waals surface area contributed by atoms with Crippen molar-refractivity contribution < 1.29 is 5.11 Å². The number of rotatable bonds is 0. The van der Waals surface area contributed by atoms with E-state index in [-0.39, 0.29) is 11.8 Å². The van der Waals surface area contributed by atoms with E-state index in [1.807, 2.05) is 6.07 Å². The molecule has 1 aromatic rings. The van der Waals surface area contributed by atoms with Crippen LogP contribution in [0.3, 0.4) is 0 Å². The van der Waals surface area contributed by atoms with Gasteiger partial charge in [-0.05, 0) is 24.5 Å². The van der Waals surface area contributed by atoms with E-state index in [1.165, 1.54) is 0 Å². The van der Waals surface area contributed by atoms with Crippen molar-refractivity contribution in [1.82, 2.24) is 0 Å². The molecular weight excluding hydrogens is 152 g/mol. The van der Waals surface area contributed by atoms with Gasteiger partial charge in [-0.3, -0.25) is 0 Å². The van der Waals surface area contributed by atoms with Crippen molar-refractivity contribution in [3.63, 3.8) is 0 Å². The first kappa shape index (κ1) is 7.43. The van der Waals surface area contributed by atoms with E-state index in [1.54, 1.807) is 6.07 Å². The van der Waals surface area contributed by atoms with Crippen LogP contribution in [-0.2, 0) is 6.42 Å². The van der Waals surface area contributed by atoms with E-state index < -0.39 is 0 Å². The Hall–Kier alpha value is -1.22. The Kier molecular flexibility index (Phi) is 1.48. The molecule has 0 aliphatic heterocycles. The predicted octanol–water partition coefficient (Wildman–Crippen LogP) is 0.920. The highest BCUT2D eigenvalue weighted by molar-refractivity contribution is 5.60. The van der Waals surface area contributed by atoms with Crippen molar-refractivity contribution in [2.75, 3.05) is 5.73 Å². The lowest BCUT2D eigenvalue weighted by atomic mass is 10.1. The Morgan fingerprint density at radius 1 is 1.42 bits per heavy atom.